The largest absolute Gasteiger partial charge is 0.504 e. The van der Waals surface area contributed by atoms with E-state index in [4.69, 9.17) is 0 Å². The van der Waals surface area contributed by atoms with E-state index in [0.717, 1.165) is 0 Å². The molecular formula is C10H16N2O2. The van der Waals surface area contributed by atoms with Crippen LogP contribution in [0.15, 0.2) is 0 Å². The Morgan fingerprint density at radius 2 is 2.14 bits per heavy atom. The summed E-state index contributed by atoms with van der Waals surface area (Å²) in [5.74, 6) is 0.258. The van der Waals surface area contributed by atoms with Gasteiger partial charge in [0.1, 0.15) is 11.4 Å². The Morgan fingerprint density at radius 3 is 2.57 bits per heavy atom. The number of aromatic hydroxyl groups is 1. The summed E-state index contributed by atoms with van der Waals surface area (Å²) in [5.41, 5.74) is 0.826. The lowest BCUT2D eigenvalue weighted by atomic mass is 10.2. The van der Waals surface area contributed by atoms with Crippen LogP contribution in [-0.4, -0.2) is 20.7 Å². The molecule has 0 saturated carbocycles. The van der Waals surface area contributed by atoms with Crippen molar-refractivity contribution in [2.24, 2.45) is 5.92 Å². The minimum absolute atomic E-state index is 0.0122. The molecule has 14 heavy (non-hydrogen) atoms. The molecule has 0 radical (unpaired) electrons. The van der Waals surface area contributed by atoms with Gasteiger partial charge in [-0.05, 0) is 12.8 Å². The van der Waals surface area contributed by atoms with Gasteiger partial charge in [0.05, 0.1) is 0 Å². The number of carbonyl (C=O) groups is 1. The van der Waals surface area contributed by atoms with Gasteiger partial charge in [0.2, 0.25) is 0 Å². The van der Waals surface area contributed by atoms with E-state index < -0.39 is 0 Å². The molecule has 4 heteroatoms. The first-order valence-corrected chi connectivity index (χ1v) is 4.70. The van der Waals surface area contributed by atoms with Crippen molar-refractivity contribution in [1.82, 2.24) is 9.78 Å². The Labute approximate surface area is 83.5 Å². The average Bonchev–Trinajstić information content (AvgIpc) is 2.26. The average molecular weight is 196 g/mol. The van der Waals surface area contributed by atoms with E-state index in [1.165, 1.54) is 6.92 Å². The van der Waals surface area contributed by atoms with E-state index in [-0.39, 0.29) is 11.5 Å². The summed E-state index contributed by atoms with van der Waals surface area (Å²) in [4.78, 5) is 11.3. The molecule has 1 aromatic heterocycles. The Balaban J connectivity index is 3.15. The lowest BCUT2D eigenvalue weighted by molar-refractivity contribution is 0.0999. The quantitative estimate of drug-likeness (QED) is 0.749. The number of Topliss-reactive ketones (excluding diaryl/α,β-unsaturated/α-hetero) is 1. The van der Waals surface area contributed by atoms with Crippen molar-refractivity contribution in [3.63, 3.8) is 0 Å². The van der Waals surface area contributed by atoms with Crippen LogP contribution < -0.4 is 0 Å². The van der Waals surface area contributed by atoms with E-state index >= 15 is 0 Å². The second-order valence-corrected chi connectivity index (χ2v) is 3.91. The fraction of sp³-hybridized carbons (Fsp3) is 0.600. The Bertz CT molecular complexity index is 353. The zero-order chi connectivity index (χ0) is 10.9. The number of aromatic nitrogens is 2. The van der Waals surface area contributed by atoms with Gasteiger partial charge in [0, 0.05) is 13.5 Å². The molecule has 4 nitrogen and oxygen atoms in total. The first kappa shape index (κ1) is 10.8. The van der Waals surface area contributed by atoms with Crippen molar-refractivity contribution < 1.29 is 9.90 Å². The molecule has 0 aliphatic carbocycles. The van der Waals surface area contributed by atoms with Gasteiger partial charge in [-0.3, -0.25) is 9.48 Å². The topological polar surface area (TPSA) is 55.1 Å². The molecule has 1 heterocycles. The summed E-state index contributed by atoms with van der Waals surface area (Å²) < 4.78 is 1.58. The first-order valence-electron chi connectivity index (χ1n) is 4.70. The standard InChI is InChI=1S/C10H16N2O2/c1-6(2)5-12-9(8(4)13)10(14)7(3)11-12/h6,14H,5H2,1-4H3. The zero-order valence-electron chi connectivity index (χ0n) is 9.03. The minimum Gasteiger partial charge on any atom is -0.504 e. The molecular weight excluding hydrogens is 180 g/mol. The van der Waals surface area contributed by atoms with Gasteiger partial charge in [-0.2, -0.15) is 5.10 Å². The van der Waals surface area contributed by atoms with Crippen molar-refractivity contribution >= 4 is 5.78 Å². The number of nitrogens with zero attached hydrogens (tertiary/aromatic N) is 2. The summed E-state index contributed by atoms with van der Waals surface area (Å²) in [6, 6.07) is 0. The summed E-state index contributed by atoms with van der Waals surface area (Å²) in [5, 5.41) is 13.7. The van der Waals surface area contributed by atoms with Gasteiger partial charge >= 0.3 is 0 Å². The molecule has 0 bridgehead atoms. The normalized spacial score (nSPS) is 10.9. The maximum absolute atomic E-state index is 11.3. The highest BCUT2D eigenvalue weighted by molar-refractivity contribution is 5.95. The van der Waals surface area contributed by atoms with Crippen LogP contribution >= 0.6 is 0 Å². The smallest absolute Gasteiger partial charge is 0.181 e. The van der Waals surface area contributed by atoms with E-state index in [9.17, 15) is 9.90 Å². The van der Waals surface area contributed by atoms with E-state index in [1.807, 2.05) is 13.8 Å². The molecule has 0 aliphatic heterocycles. The summed E-state index contributed by atoms with van der Waals surface area (Å²) >= 11 is 0. The number of ketones is 1. The molecule has 1 aromatic rings. The predicted molar refractivity (Wildman–Crippen MR) is 53.5 cm³/mol. The van der Waals surface area contributed by atoms with Crippen LogP contribution in [0.25, 0.3) is 0 Å². The first-order chi connectivity index (χ1) is 6.43. The van der Waals surface area contributed by atoms with E-state index in [0.29, 0.717) is 23.9 Å². The van der Waals surface area contributed by atoms with Crippen molar-refractivity contribution in [3.05, 3.63) is 11.4 Å². The van der Waals surface area contributed by atoms with Crippen molar-refractivity contribution in [2.45, 2.75) is 34.2 Å². The lowest BCUT2D eigenvalue weighted by Crippen LogP contribution is -2.12. The molecule has 0 unspecified atom stereocenters. The molecule has 1 N–H and O–H groups in total. The summed E-state index contributed by atoms with van der Waals surface area (Å²) in [6.45, 7) is 7.86. The minimum atomic E-state index is -0.149. The van der Waals surface area contributed by atoms with Gasteiger partial charge in [0.25, 0.3) is 0 Å². The monoisotopic (exact) mass is 196 g/mol. The SMILES string of the molecule is CC(=O)c1c(O)c(C)nn1CC(C)C. The second-order valence-electron chi connectivity index (χ2n) is 3.91. The van der Waals surface area contributed by atoms with Gasteiger partial charge in [-0.1, -0.05) is 13.8 Å². The van der Waals surface area contributed by atoms with Crippen LogP contribution in [0.5, 0.6) is 5.75 Å². The molecule has 0 saturated heterocycles. The highest BCUT2D eigenvalue weighted by Crippen LogP contribution is 2.22. The van der Waals surface area contributed by atoms with Crippen LogP contribution in [-0.2, 0) is 6.54 Å². The molecule has 78 valence electrons. The van der Waals surface area contributed by atoms with Gasteiger partial charge in [-0.25, -0.2) is 0 Å². The Morgan fingerprint density at radius 1 is 1.57 bits per heavy atom. The lowest BCUT2D eigenvalue weighted by Gasteiger charge is -2.07. The van der Waals surface area contributed by atoms with Crippen LogP contribution in [0, 0.1) is 12.8 Å². The van der Waals surface area contributed by atoms with Crippen LogP contribution in [0.4, 0.5) is 0 Å². The third-order valence-electron chi connectivity index (χ3n) is 1.97. The van der Waals surface area contributed by atoms with Crippen LogP contribution in [0.1, 0.15) is 37.0 Å². The Kier molecular flexibility index (Phi) is 2.93. The van der Waals surface area contributed by atoms with E-state index in [1.54, 1.807) is 11.6 Å². The van der Waals surface area contributed by atoms with Crippen molar-refractivity contribution in [3.8, 4) is 5.75 Å². The number of hydrogen-bond acceptors (Lipinski definition) is 3. The maximum atomic E-state index is 11.3. The molecule has 1 rings (SSSR count). The number of rotatable bonds is 3. The van der Waals surface area contributed by atoms with Crippen LogP contribution in [0.3, 0.4) is 0 Å². The van der Waals surface area contributed by atoms with Crippen molar-refractivity contribution in [1.29, 1.82) is 0 Å². The number of aryl methyl sites for hydroxylation is 1. The van der Waals surface area contributed by atoms with E-state index in [2.05, 4.69) is 5.10 Å². The third-order valence-corrected chi connectivity index (χ3v) is 1.97. The molecule has 0 spiro atoms. The number of hydrogen-bond donors (Lipinski definition) is 1. The van der Waals surface area contributed by atoms with Gasteiger partial charge in [0.15, 0.2) is 11.5 Å². The third kappa shape index (κ3) is 1.95. The maximum Gasteiger partial charge on any atom is 0.181 e. The highest BCUT2D eigenvalue weighted by atomic mass is 16.3. The number of carbonyl (C=O) groups excluding carboxylic acids is 1. The summed E-state index contributed by atoms with van der Waals surface area (Å²) in [7, 11) is 0. The van der Waals surface area contributed by atoms with Crippen molar-refractivity contribution in [2.75, 3.05) is 0 Å². The molecule has 0 aromatic carbocycles. The van der Waals surface area contributed by atoms with Gasteiger partial charge < -0.3 is 5.11 Å². The summed E-state index contributed by atoms with van der Waals surface area (Å²) in [6.07, 6.45) is 0. The molecule has 0 fully saturated rings. The fourth-order valence-electron chi connectivity index (χ4n) is 1.40. The zero-order valence-corrected chi connectivity index (χ0v) is 9.03. The second kappa shape index (κ2) is 3.82. The Hall–Kier alpha value is -1.32. The predicted octanol–water partition coefficient (Wildman–Crippen LogP) is 1.76. The molecule has 0 amide bonds. The fourth-order valence-corrected chi connectivity index (χ4v) is 1.40. The molecule has 0 aliphatic rings. The van der Waals surface area contributed by atoms with Crippen LogP contribution in [0.2, 0.25) is 0 Å². The molecule has 0 atom stereocenters. The highest BCUT2D eigenvalue weighted by Gasteiger charge is 2.18. The van der Waals surface area contributed by atoms with Gasteiger partial charge in [-0.15, -0.1) is 0 Å².